The van der Waals surface area contributed by atoms with E-state index >= 15 is 0 Å². The Balaban J connectivity index is 3.05. The van der Waals surface area contributed by atoms with Crippen molar-refractivity contribution in [2.45, 2.75) is 13.8 Å². The molecule has 0 aromatic carbocycles. The van der Waals surface area contributed by atoms with Crippen molar-refractivity contribution in [3.8, 4) is 5.88 Å². The van der Waals surface area contributed by atoms with Crippen LogP contribution in [-0.4, -0.2) is 11.6 Å². The van der Waals surface area contributed by atoms with Gasteiger partial charge in [-0.1, -0.05) is 0 Å². The summed E-state index contributed by atoms with van der Waals surface area (Å²) in [5.41, 5.74) is 0.932. The Hall–Kier alpha value is -0.0900. The molecule has 1 heterocycles. The van der Waals surface area contributed by atoms with E-state index < -0.39 is 0 Å². The van der Waals surface area contributed by atoms with Gasteiger partial charge in [-0.2, -0.15) is 0 Å². The molecule has 0 aliphatic heterocycles. The van der Waals surface area contributed by atoms with Crippen molar-refractivity contribution in [1.29, 1.82) is 0 Å². The van der Waals surface area contributed by atoms with Crippen molar-refractivity contribution in [1.82, 2.24) is 4.98 Å². The first kappa shape index (κ1) is 9.99. The number of rotatable bonds is 2. The zero-order valence-electron chi connectivity index (χ0n) is 6.90. The lowest BCUT2D eigenvalue weighted by Gasteiger charge is -2.06. The molecule has 1 rings (SSSR count). The van der Waals surface area contributed by atoms with E-state index in [1.165, 1.54) is 0 Å². The molecule has 0 saturated carbocycles. The maximum atomic E-state index is 5.29. The fourth-order valence-corrected chi connectivity index (χ4v) is 1.83. The molecule has 0 atom stereocenters. The van der Waals surface area contributed by atoms with Crippen LogP contribution in [0.25, 0.3) is 0 Å². The fourth-order valence-electron chi connectivity index (χ4n) is 0.775. The summed E-state index contributed by atoms with van der Waals surface area (Å²) in [7, 11) is 0. The van der Waals surface area contributed by atoms with Gasteiger partial charge in [-0.15, -0.1) is 0 Å². The van der Waals surface area contributed by atoms with Gasteiger partial charge in [0.2, 0.25) is 5.88 Å². The molecule has 1 aromatic rings. The molecule has 0 spiro atoms. The van der Waals surface area contributed by atoms with Crippen LogP contribution in [0.3, 0.4) is 0 Å². The van der Waals surface area contributed by atoms with Crippen LogP contribution in [0.1, 0.15) is 12.6 Å². The smallest absolute Gasteiger partial charge is 0.228 e. The second-order valence-corrected chi connectivity index (χ2v) is 3.98. The Morgan fingerprint density at radius 3 is 2.67 bits per heavy atom. The summed E-state index contributed by atoms with van der Waals surface area (Å²) in [6.07, 6.45) is 0. The minimum atomic E-state index is 0.632. The number of ether oxygens (including phenoxy) is 1. The van der Waals surface area contributed by atoms with Gasteiger partial charge >= 0.3 is 0 Å². The van der Waals surface area contributed by atoms with Crippen molar-refractivity contribution >= 4 is 31.9 Å². The number of halogens is 2. The van der Waals surface area contributed by atoms with Crippen molar-refractivity contribution in [3.05, 3.63) is 20.7 Å². The van der Waals surface area contributed by atoms with Crippen LogP contribution in [0.2, 0.25) is 0 Å². The van der Waals surface area contributed by atoms with Gasteiger partial charge in [-0.3, -0.25) is 0 Å². The molecule has 12 heavy (non-hydrogen) atoms. The lowest BCUT2D eigenvalue weighted by molar-refractivity contribution is 0.324. The van der Waals surface area contributed by atoms with Crippen molar-refractivity contribution < 1.29 is 4.74 Å². The summed E-state index contributed by atoms with van der Waals surface area (Å²) < 4.78 is 7.15. The standard InChI is InChI=1S/C8H9Br2NO/c1-3-12-8-7(10)4-6(9)5(2)11-8/h4H,3H2,1-2H3. The van der Waals surface area contributed by atoms with E-state index in [1.807, 2.05) is 19.9 Å². The first-order valence-electron chi connectivity index (χ1n) is 3.60. The van der Waals surface area contributed by atoms with E-state index in [9.17, 15) is 0 Å². The van der Waals surface area contributed by atoms with E-state index in [1.54, 1.807) is 0 Å². The van der Waals surface area contributed by atoms with Gasteiger partial charge < -0.3 is 4.74 Å². The fraction of sp³-hybridized carbons (Fsp3) is 0.375. The minimum absolute atomic E-state index is 0.632. The highest BCUT2D eigenvalue weighted by Gasteiger charge is 2.05. The van der Waals surface area contributed by atoms with Gasteiger partial charge in [0.1, 0.15) is 0 Å². The molecule has 0 N–H and O–H groups in total. The van der Waals surface area contributed by atoms with Gasteiger partial charge in [-0.25, -0.2) is 4.98 Å². The Labute approximate surface area is 88.6 Å². The largest absolute Gasteiger partial charge is 0.477 e. The van der Waals surface area contributed by atoms with Crippen LogP contribution in [0.5, 0.6) is 5.88 Å². The zero-order valence-corrected chi connectivity index (χ0v) is 10.1. The molecule has 1 aromatic heterocycles. The van der Waals surface area contributed by atoms with Crippen LogP contribution in [0.15, 0.2) is 15.0 Å². The molecule has 0 amide bonds. The molecule has 0 aliphatic rings. The Bertz CT molecular complexity index is 289. The quantitative estimate of drug-likeness (QED) is 0.835. The second-order valence-electron chi connectivity index (χ2n) is 2.28. The lowest BCUT2D eigenvalue weighted by atomic mass is 10.4. The first-order valence-corrected chi connectivity index (χ1v) is 5.19. The average Bonchev–Trinajstić information content (AvgIpc) is 2.01. The number of hydrogen-bond donors (Lipinski definition) is 0. The van der Waals surface area contributed by atoms with Crippen LogP contribution in [0.4, 0.5) is 0 Å². The maximum Gasteiger partial charge on any atom is 0.228 e. The van der Waals surface area contributed by atoms with Crippen LogP contribution < -0.4 is 4.74 Å². The van der Waals surface area contributed by atoms with E-state index in [4.69, 9.17) is 4.74 Å². The summed E-state index contributed by atoms with van der Waals surface area (Å²) in [4.78, 5) is 4.25. The van der Waals surface area contributed by atoms with Gasteiger partial charge in [-0.05, 0) is 51.8 Å². The summed E-state index contributed by atoms with van der Waals surface area (Å²) in [5, 5.41) is 0. The predicted molar refractivity (Wildman–Crippen MR) is 55.5 cm³/mol. The Morgan fingerprint density at radius 2 is 2.08 bits per heavy atom. The normalized spacial score (nSPS) is 10.0. The van der Waals surface area contributed by atoms with Gasteiger partial charge in [0.25, 0.3) is 0 Å². The summed E-state index contributed by atoms with van der Waals surface area (Å²) in [5.74, 6) is 0.651. The lowest BCUT2D eigenvalue weighted by Crippen LogP contribution is -1.97. The molecule has 0 aliphatic carbocycles. The third-order valence-electron chi connectivity index (χ3n) is 1.35. The molecule has 0 radical (unpaired) electrons. The van der Waals surface area contributed by atoms with Crippen LogP contribution in [0, 0.1) is 6.92 Å². The van der Waals surface area contributed by atoms with E-state index in [-0.39, 0.29) is 0 Å². The Kier molecular flexibility index (Phi) is 3.53. The second kappa shape index (κ2) is 4.23. The predicted octanol–water partition coefficient (Wildman–Crippen LogP) is 3.31. The number of pyridine rings is 1. The van der Waals surface area contributed by atoms with Crippen LogP contribution >= 0.6 is 31.9 Å². The molecule has 2 nitrogen and oxygen atoms in total. The molecule has 0 fully saturated rings. The van der Waals surface area contributed by atoms with E-state index in [0.29, 0.717) is 12.5 Å². The molecule has 66 valence electrons. The Morgan fingerprint density at radius 1 is 1.42 bits per heavy atom. The molecule has 0 unspecified atom stereocenters. The molecular formula is C8H9Br2NO. The third-order valence-corrected chi connectivity index (χ3v) is 2.72. The highest BCUT2D eigenvalue weighted by atomic mass is 79.9. The third kappa shape index (κ3) is 2.20. The summed E-state index contributed by atoms with van der Waals surface area (Å²) in [6.45, 7) is 4.50. The highest BCUT2D eigenvalue weighted by molar-refractivity contribution is 9.11. The number of hydrogen-bond acceptors (Lipinski definition) is 2. The van der Waals surface area contributed by atoms with Gasteiger partial charge in [0.15, 0.2) is 0 Å². The van der Waals surface area contributed by atoms with Crippen molar-refractivity contribution in [2.24, 2.45) is 0 Å². The number of aromatic nitrogens is 1. The monoisotopic (exact) mass is 293 g/mol. The zero-order chi connectivity index (χ0) is 9.14. The highest BCUT2D eigenvalue weighted by Crippen LogP contribution is 2.27. The number of nitrogens with zero attached hydrogens (tertiary/aromatic N) is 1. The molecule has 0 saturated heterocycles. The van der Waals surface area contributed by atoms with Crippen molar-refractivity contribution in [2.75, 3.05) is 6.61 Å². The molecule has 0 bridgehead atoms. The minimum Gasteiger partial charge on any atom is -0.477 e. The number of aryl methyl sites for hydroxylation is 1. The topological polar surface area (TPSA) is 22.1 Å². The summed E-state index contributed by atoms with van der Waals surface area (Å²) in [6, 6.07) is 1.94. The van der Waals surface area contributed by atoms with E-state index in [2.05, 4.69) is 36.8 Å². The van der Waals surface area contributed by atoms with Gasteiger partial charge in [0.05, 0.1) is 16.8 Å². The van der Waals surface area contributed by atoms with E-state index in [0.717, 1.165) is 14.6 Å². The summed E-state index contributed by atoms with van der Waals surface area (Å²) >= 11 is 6.75. The average molecular weight is 295 g/mol. The maximum absolute atomic E-state index is 5.29. The van der Waals surface area contributed by atoms with Gasteiger partial charge in [0, 0.05) is 4.47 Å². The molecular weight excluding hydrogens is 286 g/mol. The first-order chi connectivity index (χ1) is 5.65. The van der Waals surface area contributed by atoms with Crippen molar-refractivity contribution in [3.63, 3.8) is 0 Å². The molecule has 4 heteroatoms. The van der Waals surface area contributed by atoms with Crippen LogP contribution in [-0.2, 0) is 0 Å². The SMILES string of the molecule is CCOc1nc(C)c(Br)cc1Br.